The number of ether oxygens (including phenoxy) is 2. The van der Waals surface area contributed by atoms with Crippen LogP contribution in [-0.4, -0.2) is 42.9 Å². The third kappa shape index (κ3) is 2.94. The quantitative estimate of drug-likeness (QED) is 0.137. The predicted octanol–water partition coefficient (Wildman–Crippen LogP) is 4.59. The zero-order valence-corrected chi connectivity index (χ0v) is 17.0. The Morgan fingerprint density at radius 2 is 1.18 bits per heavy atom. The van der Waals surface area contributed by atoms with Crippen LogP contribution in [0.1, 0.15) is 0 Å². The third-order valence-electron chi connectivity index (χ3n) is 6.01. The Labute approximate surface area is 186 Å². The molecule has 0 bridgehead atoms. The molecule has 0 unspecified atom stereocenters. The molecule has 0 amide bonds. The van der Waals surface area contributed by atoms with Crippen molar-refractivity contribution < 1.29 is 38.6 Å². The minimum absolute atomic E-state index is 0.000601. The zero-order chi connectivity index (χ0) is 22.7. The summed E-state index contributed by atoms with van der Waals surface area (Å²) in [4.78, 5) is 22.6. The van der Waals surface area contributed by atoms with Gasteiger partial charge in [0.1, 0.15) is 11.5 Å². The van der Waals surface area contributed by atoms with Crippen molar-refractivity contribution in [3.8, 4) is 11.5 Å². The van der Waals surface area contributed by atoms with E-state index in [4.69, 9.17) is 18.8 Å². The average Bonchev–Trinajstić information content (AvgIpc) is 3.32. The maximum absolute atomic E-state index is 11.3. The van der Waals surface area contributed by atoms with Crippen LogP contribution in [0.25, 0.3) is 43.1 Å². The minimum Gasteiger partial charge on any atom is -0.449 e. The maximum Gasteiger partial charge on any atom is 0.511 e. The molecule has 0 saturated carbocycles. The van der Waals surface area contributed by atoms with Gasteiger partial charge in [0, 0.05) is 5.39 Å². The summed E-state index contributed by atoms with van der Waals surface area (Å²) in [5.74, 6) is -0.00120. The fourth-order valence-corrected chi connectivity index (χ4v) is 4.86. The van der Waals surface area contributed by atoms with E-state index < -0.39 is 19.4 Å². The number of fused-ring (bicyclic) bond motifs is 2. The van der Waals surface area contributed by atoms with Gasteiger partial charge in [-0.05, 0) is 62.0 Å². The Kier molecular flexibility index (Phi) is 4.29. The molecule has 0 radical (unpaired) electrons. The van der Waals surface area contributed by atoms with Crippen LogP contribution < -0.4 is 14.9 Å². The molecule has 33 heavy (non-hydrogen) atoms. The predicted molar refractivity (Wildman–Crippen MR) is 122 cm³/mol. The number of rotatable bonds is 3. The molecule has 0 spiro atoms. The monoisotopic (exact) mass is 442 g/mol. The van der Waals surface area contributed by atoms with Gasteiger partial charge in [-0.15, -0.1) is 0 Å². The second-order valence-corrected chi connectivity index (χ2v) is 7.71. The molecule has 6 rings (SSSR count). The summed E-state index contributed by atoms with van der Waals surface area (Å²) in [6.07, 6.45) is -3.01. The van der Waals surface area contributed by atoms with Gasteiger partial charge in [0.05, 0.1) is 18.6 Å². The lowest BCUT2D eigenvalue weighted by Crippen LogP contribution is -2.32. The van der Waals surface area contributed by atoms with E-state index in [1.54, 1.807) is 12.1 Å². The molecule has 2 N–H and O–H groups in total. The summed E-state index contributed by atoms with van der Waals surface area (Å²) in [7, 11) is -0.437. The summed E-state index contributed by atoms with van der Waals surface area (Å²) < 4.78 is 21.5. The molecule has 1 saturated heterocycles. The van der Waals surface area contributed by atoms with Crippen molar-refractivity contribution in [1.29, 1.82) is 0 Å². The van der Waals surface area contributed by atoms with Crippen LogP contribution in [0.15, 0.2) is 54.6 Å². The van der Waals surface area contributed by atoms with Gasteiger partial charge in [0.2, 0.25) is 0 Å². The first-order chi connectivity index (χ1) is 16.0. The first kappa shape index (κ1) is 19.6. The number of carbonyl (C=O) groups is 2. The highest BCUT2D eigenvalue weighted by molar-refractivity contribution is 6.65. The van der Waals surface area contributed by atoms with E-state index in [1.165, 1.54) is 12.1 Å². The fraction of sp³-hybridized carbons (Fsp3) is 0.0833. The Balaban J connectivity index is 1.77. The normalized spacial score (nSPS) is 14.0. The van der Waals surface area contributed by atoms with Gasteiger partial charge in [0.25, 0.3) is 0 Å². The fourth-order valence-electron chi connectivity index (χ4n) is 4.86. The van der Waals surface area contributed by atoms with Crippen LogP contribution >= 0.6 is 0 Å². The Bertz CT molecular complexity index is 1520. The summed E-state index contributed by atoms with van der Waals surface area (Å²) >= 11 is 0. The van der Waals surface area contributed by atoms with Crippen molar-refractivity contribution in [2.45, 2.75) is 0 Å². The SMILES string of the molecule is O=C(O)Oc1ccc2c3cccc4c(B5OCCO5)ccc(c5ccc(OC(=O)O)c1c25)c43. The van der Waals surface area contributed by atoms with Crippen molar-refractivity contribution in [3.63, 3.8) is 0 Å². The first-order valence-electron chi connectivity index (χ1n) is 10.2. The topological polar surface area (TPSA) is 112 Å². The Hall–Kier alpha value is -4.08. The van der Waals surface area contributed by atoms with Gasteiger partial charge in [-0.25, -0.2) is 9.59 Å². The summed E-state index contributed by atoms with van der Waals surface area (Å²) in [6.45, 7) is 1.07. The summed E-state index contributed by atoms with van der Waals surface area (Å²) in [5.41, 5.74) is 0.935. The van der Waals surface area contributed by atoms with Crippen molar-refractivity contribution in [1.82, 2.24) is 0 Å². The third-order valence-corrected chi connectivity index (χ3v) is 6.01. The van der Waals surface area contributed by atoms with Crippen molar-refractivity contribution >= 4 is 68.0 Å². The van der Waals surface area contributed by atoms with Crippen LogP contribution in [0.4, 0.5) is 9.59 Å². The number of carboxylic acid groups (broad SMARTS) is 2. The van der Waals surface area contributed by atoms with E-state index in [9.17, 15) is 19.8 Å². The molecule has 8 nitrogen and oxygen atoms in total. The Morgan fingerprint density at radius 3 is 1.79 bits per heavy atom. The van der Waals surface area contributed by atoms with Gasteiger partial charge >= 0.3 is 19.4 Å². The molecule has 5 aromatic rings. The molecule has 1 heterocycles. The van der Waals surface area contributed by atoms with Crippen LogP contribution in [0.2, 0.25) is 0 Å². The molecule has 5 aromatic carbocycles. The van der Waals surface area contributed by atoms with Gasteiger partial charge in [-0.1, -0.05) is 30.3 Å². The van der Waals surface area contributed by atoms with Crippen LogP contribution in [0.3, 0.4) is 0 Å². The lowest BCUT2D eigenvalue weighted by Gasteiger charge is -2.19. The standard InChI is InChI=1S/C24H15BO8/c26-23(27)32-18-8-5-14-12-2-1-3-16-17(25-30-10-11-31-25)7-4-13(20(12)16)15-6-9-19(33-24(28)29)22(18)21(14)15/h1-9H,10-11H2,(H,26,27)(H,28,29). The highest BCUT2D eigenvalue weighted by atomic mass is 16.7. The summed E-state index contributed by atoms with van der Waals surface area (Å²) in [5, 5.41) is 24.9. The van der Waals surface area contributed by atoms with Crippen LogP contribution in [-0.2, 0) is 9.31 Å². The molecule has 1 aliphatic heterocycles. The second kappa shape index (κ2) is 7.23. The molecule has 9 heteroatoms. The minimum atomic E-state index is -1.50. The van der Waals surface area contributed by atoms with Crippen LogP contribution in [0.5, 0.6) is 11.5 Å². The number of hydrogen-bond acceptors (Lipinski definition) is 6. The van der Waals surface area contributed by atoms with E-state index >= 15 is 0 Å². The molecule has 0 aliphatic carbocycles. The second-order valence-electron chi connectivity index (χ2n) is 7.71. The molecule has 162 valence electrons. The van der Waals surface area contributed by atoms with Crippen LogP contribution in [0, 0.1) is 0 Å². The molecule has 0 atom stereocenters. The lowest BCUT2D eigenvalue weighted by atomic mass is 9.74. The number of hydrogen-bond donors (Lipinski definition) is 2. The number of benzene rings is 5. The van der Waals surface area contributed by atoms with E-state index in [0.717, 1.165) is 37.8 Å². The Morgan fingerprint density at radius 1 is 0.667 bits per heavy atom. The van der Waals surface area contributed by atoms with E-state index in [2.05, 4.69) is 0 Å². The molecular weight excluding hydrogens is 427 g/mol. The smallest absolute Gasteiger partial charge is 0.449 e. The van der Waals surface area contributed by atoms with Crippen molar-refractivity contribution in [2.24, 2.45) is 0 Å². The molecule has 1 fully saturated rings. The van der Waals surface area contributed by atoms with Crippen molar-refractivity contribution in [3.05, 3.63) is 54.6 Å². The van der Waals surface area contributed by atoms with Gasteiger partial charge in [0.15, 0.2) is 0 Å². The van der Waals surface area contributed by atoms with Gasteiger partial charge < -0.3 is 29.0 Å². The lowest BCUT2D eigenvalue weighted by molar-refractivity contribution is 0.144. The van der Waals surface area contributed by atoms with Gasteiger partial charge in [-0.3, -0.25) is 0 Å². The molecule has 1 aliphatic rings. The summed E-state index contributed by atoms with van der Waals surface area (Å²) in [6, 6.07) is 16.5. The largest absolute Gasteiger partial charge is 0.511 e. The van der Waals surface area contributed by atoms with Gasteiger partial charge in [-0.2, -0.15) is 0 Å². The first-order valence-corrected chi connectivity index (χ1v) is 10.2. The van der Waals surface area contributed by atoms with E-state index in [1.807, 2.05) is 30.3 Å². The molecule has 0 aromatic heterocycles. The van der Waals surface area contributed by atoms with E-state index in [0.29, 0.717) is 18.6 Å². The van der Waals surface area contributed by atoms with E-state index in [-0.39, 0.29) is 16.9 Å². The average molecular weight is 442 g/mol. The molecular formula is C24H15BO8. The van der Waals surface area contributed by atoms with Crippen molar-refractivity contribution in [2.75, 3.05) is 13.2 Å². The zero-order valence-electron chi connectivity index (χ0n) is 17.0. The maximum atomic E-state index is 11.3. The highest BCUT2D eigenvalue weighted by Crippen LogP contribution is 2.46. The highest BCUT2D eigenvalue weighted by Gasteiger charge is 2.29.